The number of ether oxygens (including phenoxy) is 1. The second-order valence-corrected chi connectivity index (χ2v) is 4.33. The quantitative estimate of drug-likeness (QED) is 0.909. The summed E-state index contributed by atoms with van der Waals surface area (Å²) in [5.41, 5.74) is 5.69. The topological polar surface area (TPSA) is 77.2 Å². The van der Waals surface area contributed by atoms with Gasteiger partial charge in [0.25, 0.3) is 5.91 Å². The lowest BCUT2D eigenvalue weighted by atomic mass is 10.2. The molecule has 0 atom stereocenters. The molecule has 8 heteroatoms. The smallest absolute Gasteiger partial charge is 0.387 e. The normalized spacial score (nSPS) is 10.5. The number of nitrogens with one attached hydrogen (secondary N) is 1. The molecule has 0 saturated heterocycles. The minimum Gasteiger partial charge on any atom is -0.433 e. The third kappa shape index (κ3) is 3.79. The molecule has 0 spiro atoms. The van der Waals surface area contributed by atoms with Crippen molar-refractivity contribution in [2.75, 3.05) is 11.1 Å². The van der Waals surface area contributed by atoms with Crippen molar-refractivity contribution in [3.63, 3.8) is 0 Å². The zero-order chi connectivity index (χ0) is 15.4. The van der Waals surface area contributed by atoms with Gasteiger partial charge in [0, 0.05) is 6.20 Å². The van der Waals surface area contributed by atoms with Gasteiger partial charge in [-0.05, 0) is 18.2 Å². The lowest BCUT2D eigenvalue weighted by Crippen LogP contribution is -2.14. The van der Waals surface area contributed by atoms with Gasteiger partial charge in [0.2, 0.25) is 0 Å². The number of carbonyl (C=O) groups is 1. The number of carbonyl (C=O) groups excluding carboxylic acids is 1. The molecular formula is C13H10ClF2N3O2. The fourth-order valence-corrected chi connectivity index (χ4v) is 1.70. The number of amides is 1. The number of rotatable bonds is 4. The maximum Gasteiger partial charge on any atom is 0.387 e. The molecule has 0 aliphatic rings. The lowest BCUT2D eigenvalue weighted by Gasteiger charge is -2.11. The molecule has 1 aromatic heterocycles. The summed E-state index contributed by atoms with van der Waals surface area (Å²) in [5, 5.41) is 2.57. The van der Waals surface area contributed by atoms with Gasteiger partial charge < -0.3 is 15.8 Å². The average Bonchev–Trinajstić information content (AvgIpc) is 2.43. The largest absolute Gasteiger partial charge is 0.433 e. The summed E-state index contributed by atoms with van der Waals surface area (Å²) in [6.07, 6.45) is 1.23. The Morgan fingerprint density at radius 3 is 2.76 bits per heavy atom. The average molecular weight is 314 g/mol. The van der Waals surface area contributed by atoms with Crippen LogP contribution in [0.15, 0.2) is 36.5 Å². The third-order valence-corrected chi connectivity index (χ3v) is 2.79. The number of nitrogens with zero attached hydrogens (tertiary/aromatic N) is 1. The summed E-state index contributed by atoms with van der Waals surface area (Å²) in [4.78, 5) is 15.8. The van der Waals surface area contributed by atoms with E-state index < -0.39 is 12.5 Å². The number of pyridine rings is 1. The first-order valence-electron chi connectivity index (χ1n) is 5.73. The third-order valence-electron chi connectivity index (χ3n) is 2.48. The molecule has 5 nitrogen and oxygen atoms in total. The number of alkyl halides is 2. The number of nitrogen functional groups attached to an aromatic ring is 1. The molecular weight excluding hydrogens is 304 g/mol. The fraction of sp³-hybridized carbons (Fsp3) is 0.0769. The molecule has 0 aliphatic heterocycles. The Kier molecular flexibility index (Phi) is 4.54. The van der Waals surface area contributed by atoms with Crippen molar-refractivity contribution < 1.29 is 18.3 Å². The number of hydrogen-bond donors (Lipinski definition) is 2. The number of benzene rings is 1. The highest BCUT2D eigenvalue weighted by Crippen LogP contribution is 2.26. The van der Waals surface area contributed by atoms with Crippen LogP contribution in [-0.2, 0) is 0 Å². The number of anilines is 2. The van der Waals surface area contributed by atoms with Gasteiger partial charge in [-0.2, -0.15) is 8.78 Å². The van der Waals surface area contributed by atoms with E-state index in [9.17, 15) is 13.6 Å². The Bertz CT molecular complexity index is 668. The molecule has 110 valence electrons. The van der Waals surface area contributed by atoms with E-state index in [1.54, 1.807) is 6.07 Å². The van der Waals surface area contributed by atoms with E-state index in [1.807, 2.05) is 0 Å². The maximum absolute atomic E-state index is 12.3. The van der Waals surface area contributed by atoms with Crippen LogP contribution in [0.4, 0.5) is 20.3 Å². The van der Waals surface area contributed by atoms with E-state index in [0.29, 0.717) is 0 Å². The molecule has 0 aliphatic carbocycles. The van der Waals surface area contributed by atoms with E-state index in [2.05, 4.69) is 15.0 Å². The summed E-state index contributed by atoms with van der Waals surface area (Å²) < 4.78 is 28.9. The van der Waals surface area contributed by atoms with Crippen LogP contribution in [0.1, 0.15) is 10.4 Å². The second-order valence-electron chi connectivity index (χ2n) is 3.92. The van der Waals surface area contributed by atoms with Crippen molar-refractivity contribution >= 4 is 29.0 Å². The van der Waals surface area contributed by atoms with E-state index in [-0.39, 0.29) is 27.8 Å². The molecule has 21 heavy (non-hydrogen) atoms. The summed E-state index contributed by atoms with van der Waals surface area (Å²) >= 11 is 5.77. The van der Waals surface area contributed by atoms with Crippen LogP contribution in [0.3, 0.4) is 0 Å². The van der Waals surface area contributed by atoms with Gasteiger partial charge in [-0.25, -0.2) is 4.98 Å². The highest BCUT2D eigenvalue weighted by Gasteiger charge is 2.13. The summed E-state index contributed by atoms with van der Waals surface area (Å²) in [6, 6.07) is 7.16. The Morgan fingerprint density at radius 1 is 1.38 bits per heavy atom. The first kappa shape index (κ1) is 15.0. The van der Waals surface area contributed by atoms with Crippen LogP contribution in [0.5, 0.6) is 5.75 Å². The van der Waals surface area contributed by atoms with E-state index >= 15 is 0 Å². The van der Waals surface area contributed by atoms with Crippen LogP contribution in [-0.4, -0.2) is 17.5 Å². The van der Waals surface area contributed by atoms with E-state index in [4.69, 9.17) is 17.3 Å². The van der Waals surface area contributed by atoms with Crippen molar-refractivity contribution in [3.05, 3.63) is 47.1 Å². The molecule has 0 unspecified atom stereocenters. The van der Waals surface area contributed by atoms with Crippen LogP contribution >= 0.6 is 11.6 Å². The second kappa shape index (κ2) is 6.36. The molecule has 2 aromatic rings. The number of aromatic nitrogens is 1. The molecule has 1 aromatic carbocycles. The number of hydrogen-bond acceptors (Lipinski definition) is 4. The Labute approximate surface area is 123 Å². The van der Waals surface area contributed by atoms with Gasteiger partial charge >= 0.3 is 6.61 Å². The fourth-order valence-electron chi connectivity index (χ4n) is 1.54. The van der Waals surface area contributed by atoms with Crippen LogP contribution in [0, 0.1) is 0 Å². The number of halogens is 3. The van der Waals surface area contributed by atoms with Crippen LogP contribution in [0.2, 0.25) is 5.02 Å². The van der Waals surface area contributed by atoms with Crippen molar-refractivity contribution in [1.82, 2.24) is 4.98 Å². The van der Waals surface area contributed by atoms with Gasteiger partial charge in [0.05, 0.1) is 16.3 Å². The van der Waals surface area contributed by atoms with Crippen molar-refractivity contribution in [3.8, 4) is 5.75 Å². The lowest BCUT2D eigenvalue weighted by molar-refractivity contribution is -0.0493. The first-order valence-corrected chi connectivity index (χ1v) is 6.11. The minimum atomic E-state index is -2.99. The van der Waals surface area contributed by atoms with Crippen LogP contribution < -0.4 is 15.8 Å². The molecule has 2 rings (SSSR count). The molecule has 3 N–H and O–H groups in total. The highest BCUT2D eigenvalue weighted by atomic mass is 35.5. The van der Waals surface area contributed by atoms with Crippen molar-refractivity contribution in [2.45, 2.75) is 6.61 Å². The number of nitrogens with two attached hydrogens (primary N) is 1. The molecule has 1 heterocycles. The zero-order valence-corrected chi connectivity index (χ0v) is 11.3. The summed E-state index contributed by atoms with van der Waals surface area (Å²) in [5.74, 6) is -0.625. The predicted octanol–water partition coefficient (Wildman–Crippen LogP) is 3.17. The summed E-state index contributed by atoms with van der Waals surface area (Å²) in [7, 11) is 0. The molecule has 0 saturated carbocycles. The van der Waals surface area contributed by atoms with Gasteiger partial charge in [-0.3, -0.25) is 4.79 Å². The van der Waals surface area contributed by atoms with Crippen molar-refractivity contribution in [2.24, 2.45) is 0 Å². The van der Waals surface area contributed by atoms with E-state index in [1.165, 1.54) is 30.5 Å². The summed E-state index contributed by atoms with van der Waals surface area (Å²) in [6.45, 7) is -2.99. The minimum absolute atomic E-state index is 0.0923. The molecule has 0 fully saturated rings. The van der Waals surface area contributed by atoms with Gasteiger partial charge in [-0.1, -0.05) is 23.7 Å². The highest BCUT2D eigenvalue weighted by molar-refractivity contribution is 6.33. The van der Waals surface area contributed by atoms with Gasteiger partial charge in [-0.15, -0.1) is 0 Å². The Morgan fingerprint density at radius 2 is 2.10 bits per heavy atom. The standard InChI is InChI=1S/C13H10ClF2N3O2/c14-8-5-7(6-18-11(8)17)12(20)19-9-3-1-2-4-10(9)21-13(15)16/h1-6,13H,(H2,17,18)(H,19,20). The van der Waals surface area contributed by atoms with Crippen molar-refractivity contribution in [1.29, 1.82) is 0 Å². The monoisotopic (exact) mass is 313 g/mol. The molecule has 0 radical (unpaired) electrons. The zero-order valence-electron chi connectivity index (χ0n) is 10.5. The maximum atomic E-state index is 12.3. The Balaban J connectivity index is 2.21. The van der Waals surface area contributed by atoms with Gasteiger partial charge in [0.1, 0.15) is 11.6 Å². The van der Waals surface area contributed by atoms with Crippen LogP contribution in [0.25, 0.3) is 0 Å². The van der Waals surface area contributed by atoms with Gasteiger partial charge in [0.15, 0.2) is 0 Å². The predicted molar refractivity (Wildman–Crippen MR) is 74.7 cm³/mol. The van der Waals surface area contributed by atoms with E-state index in [0.717, 1.165) is 0 Å². The number of para-hydroxylation sites is 2. The first-order chi connectivity index (χ1) is 9.97. The Hall–Kier alpha value is -2.41. The SMILES string of the molecule is Nc1ncc(C(=O)Nc2ccccc2OC(F)F)cc1Cl. The molecule has 1 amide bonds. The molecule has 0 bridgehead atoms.